The van der Waals surface area contributed by atoms with E-state index in [2.05, 4.69) is 83.6 Å². The zero-order chi connectivity index (χ0) is 94.9. The predicted octanol–water partition coefficient (Wildman–Crippen LogP) is 17.1. The van der Waals surface area contributed by atoms with Crippen LogP contribution in [0.3, 0.4) is 0 Å². The van der Waals surface area contributed by atoms with Crippen LogP contribution in [-0.2, 0) is 75.0 Å². The lowest BCUT2D eigenvalue weighted by molar-refractivity contribution is -0.118. The first-order valence-electron chi connectivity index (χ1n) is 40.8. The number of sulfone groups is 4. The molecular formula is C93H108BBrF3N9O17S4. The summed E-state index contributed by atoms with van der Waals surface area (Å²) in [5, 5.41) is 44.4. The number of hydrogen-bond acceptors (Lipinski definition) is 21. The Morgan fingerprint density at radius 1 is 0.398 bits per heavy atom. The molecule has 0 bridgehead atoms. The number of rotatable bonds is 28. The maximum absolute atomic E-state index is 12.4. The zero-order valence-corrected chi connectivity index (χ0v) is 78.7. The fraction of sp³-hybridized carbons (Fsp3) is 0.312. The average Bonchev–Trinajstić information content (AvgIpc) is 1.54. The molecule has 35 heteroatoms. The molecule has 0 saturated heterocycles. The Morgan fingerprint density at radius 2 is 0.656 bits per heavy atom. The van der Waals surface area contributed by atoms with Crippen LogP contribution in [0.25, 0.3) is 78.4 Å². The molecule has 0 radical (unpaired) electrons. The molecule has 4 aromatic heterocycles. The van der Waals surface area contributed by atoms with Gasteiger partial charge in [0.25, 0.3) is 0 Å². The first-order chi connectivity index (χ1) is 60.0. The highest BCUT2D eigenvalue weighted by atomic mass is 79.9. The normalized spacial score (nSPS) is 11.5. The van der Waals surface area contributed by atoms with Gasteiger partial charge in [0, 0.05) is 62.1 Å². The molecule has 4 heterocycles. The molecule has 0 saturated carbocycles. The fourth-order valence-corrected chi connectivity index (χ4v) is 15.4. The molecule has 5 N–H and O–H groups in total. The first-order valence-corrected chi connectivity index (χ1v) is 49.2. The van der Waals surface area contributed by atoms with Gasteiger partial charge in [-0.1, -0.05) is 212 Å². The third-order valence-electron chi connectivity index (χ3n) is 18.5. The zero-order valence-electron chi connectivity index (χ0n) is 73.9. The van der Waals surface area contributed by atoms with Crippen molar-refractivity contribution >= 4 is 91.6 Å². The van der Waals surface area contributed by atoms with Crippen molar-refractivity contribution in [2.45, 2.75) is 141 Å². The third-order valence-corrected chi connectivity index (χ3v) is 23.5. The van der Waals surface area contributed by atoms with Crippen LogP contribution in [0.2, 0.25) is 0 Å². The van der Waals surface area contributed by atoms with E-state index in [1.807, 2.05) is 156 Å². The van der Waals surface area contributed by atoms with E-state index >= 15 is 0 Å². The second-order valence-corrected chi connectivity index (χ2v) is 40.5. The number of carbonyl (C=O) groups is 4. The quantitative estimate of drug-likeness (QED) is 0.0201. The van der Waals surface area contributed by atoms with E-state index in [0.717, 1.165) is 109 Å². The summed E-state index contributed by atoms with van der Waals surface area (Å²) in [5.74, 6) is -0.290. The fourth-order valence-electron chi connectivity index (χ4n) is 12.5. The molecule has 12 aromatic rings. The van der Waals surface area contributed by atoms with Crippen molar-refractivity contribution in [3.8, 4) is 78.4 Å². The number of ether oxygens (including phenoxy) is 2. The topological polar surface area (TPSA) is 381 Å². The number of carboxylic acids is 1. The molecule has 128 heavy (non-hydrogen) atoms. The van der Waals surface area contributed by atoms with Crippen molar-refractivity contribution in [3.63, 3.8) is 0 Å². The van der Waals surface area contributed by atoms with Gasteiger partial charge in [-0.2, -0.15) is 33.6 Å². The molecule has 12 rings (SSSR count). The van der Waals surface area contributed by atoms with E-state index in [0.29, 0.717) is 72.7 Å². The lowest BCUT2D eigenvalue weighted by atomic mass is 9.80. The Labute approximate surface area is 755 Å². The molecule has 682 valence electrons. The standard InChI is InChI=1S/C24H28N2O3S.C23H26N2O4S.C21H22N2O4S.C16H19BrN2O2.C7H9BO4S.C2H4F3N/c1-5-7-24(27)22-15-23(26(25-22)16-17(2)3)19-12-10-18(11-13-19)20-8-6-9-21(14-20)30(4,28)29;1-5-29-23(26)21-14-22(25(24-21)15-16(2)3)18-11-9-17(10-12-18)19-7-6-8-20(13-19)30(4,27)28;1-14(2)13-23-20(12-19(22-23)21(24)25)16-9-7-15(8-10-16)17-5-4-6-18(11-17)28(3,26)27;1-4-21-16(20)14-9-15(19(18-14)10-11(2)3)12-5-7-13(17)8-6-12;1-13(11,12)7-4-2-3-6(5-7)8(9)10;3-2(4,5)1-6/h6,8-15,17H,5,7,16H2,1-4H3;6-14,16H,5,15H2,1-4H3;4-12,14H,13H2,1-3H3,(H,24,25);5-9,11H,4,10H2,1-3H3;2-5,9-10H,1H3;1,6H2. The summed E-state index contributed by atoms with van der Waals surface area (Å²) in [6.45, 7) is 24.5. The molecule has 8 aromatic carbocycles. The molecule has 0 atom stereocenters. The van der Waals surface area contributed by atoms with Crippen molar-refractivity contribution in [1.82, 2.24) is 39.1 Å². The molecular weight excluding hydrogens is 1790 g/mol. The third kappa shape index (κ3) is 31.6. The molecule has 0 amide bonds. The van der Waals surface area contributed by atoms with Gasteiger partial charge in [-0.3, -0.25) is 23.5 Å². The Hall–Kier alpha value is -11.3. The molecule has 26 nitrogen and oxygen atoms in total. The molecule has 0 aliphatic carbocycles. The van der Waals surface area contributed by atoms with Gasteiger partial charge in [0.05, 0.1) is 62.1 Å². The number of nitrogens with zero attached hydrogens (tertiary/aromatic N) is 8. The van der Waals surface area contributed by atoms with Gasteiger partial charge in [0.15, 0.2) is 62.2 Å². The second-order valence-electron chi connectivity index (χ2n) is 31.6. The SMILES string of the molecule is CC(C)Cn1nc(C(=O)O)cc1-c1ccc(-c2cccc(S(C)(=O)=O)c2)cc1.CCCC(=O)c1cc(-c2ccc(-c3cccc(S(C)(=O)=O)c3)cc2)n(CC(C)C)n1.CCOC(=O)c1cc(-c2ccc(-c3cccc(S(C)(=O)=O)c3)cc2)n(CC(C)C)n1.CCOC(=O)c1cc(-c2ccc(Br)cc2)n(CC(C)C)n1.CS(=O)(=O)c1cccc(B(O)O)c1.NCC(F)(F)F. The van der Waals surface area contributed by atoms with Crippen molar-refractivity contribution in [1.29, 1.82) is 0 Å². The Bertz CT molecular complexity index is 6070. The van der Waals surface area contributed by atoms with Crippen LogP contribution in [0.15, 0.2) is 242 Å². The summed E-state index contributed by atoms with van der Waals surface area (Å²) >= 11 is 3.43. The lowest BCUT2D eigenvalue weighted by Gasteiger charge is -2.11. The minimum absolute atomic E-state index is 0.0144. The second kappa shape index (κ2) is 46.6. The number of hydrogen-bond donors (Lipinski definition) is 4. The van der Waals surface area contributed by atoms with E-state index in [4.69, 9.17) is 19.5 Å². The van der Waals surface area contributed by atoms with Crippen LogP contribution in [0.4, 0.5) is 13.2 Å². The minimum Gasteiger partial charge on any atom is -0.476 e. The highest BCUT2D eigenvalue weighted by molar-refractivity contribution is 9.10. The first kappa shape index (κ1) is 104. The van der Waals surface area contributed by atoms with Gasteiger partial charge in [-0.15, -0.1) is 0 Å². The van der Waals surface area contributed by atoms with Crippen molar-refractivity contribution in [2.75, 3.05) is 44.8 Å². The summed E-state index contributed by atoms with van der Waals surface area (Å²) in [6.07, 6.45) is 1.77. The number of benzene rings is 8. The van der Waals surface area contributed by atoms with Crippen LogP contribution in [0.1, 0.15) is 131 Å². The van der Waals surface area contributed by atoms with Crippen LogP contribution < -0.4 is 11.2 Å². The molecule has 0 fully saturated rings. The summed E-state index contributed by atoms with van der Waals surface area (Å²) in [6, 6.07) is 64.4. The highest BCUT2D eigenvalue weighted by Gasteiger charge is 2.25. The Balaban J connectivity index is 0.000000220. The number of carboxylic acid groups (broad SMARTS) is 1. The van der Waals surface area contributed by atoms with Gasteiger partial charge in [-0.05, 0) is 190 Å². The van der Waals surface area contributed by atoms with E-state index < -0.39 is 71.1 Å². The van der Waals surface area contributed by atoms with Crippen LogP contribution >= 0.6 is 15.9 Å². The number of nitrogens with two attached hydrogens (primary N) is 1. The summed E-state index contributed by atoms with van der Waals surface area (Å²) < 4.78 is 143. The average molecular weight is 1900 g/mol. The van der Waals surface area contributed by atoms with Gasteiger partial charge in [-0.25, -0.2) is 48.1 Å². The molecule has 0 spiro atoms. The number of ketones is 1. The van der Waals surface area contributed by atoms with Gasteiger partial charge in [0.1, 0.15) is 5.69 Å². The van der Waals surface area contributed by atoms with Crippen LogP contribution in [-0.4, -0.2) is 170 Å². The Kier molecular flexibility index (Phi) is 37.8. The van der Waals surface area contributed by atoms with Crippen molar-refractivity contribution in [2.24, 2.45) is 29.4 Å². The monoisotopic (exact) mass is 1900 g/mol. The Morgan fingerprint density at radius 3 is 0.922 bits per heavy atom. The molecule has 0 aliphatic heterocycles. The predicted molar refractivity (Wildman–Crippen MR) is 496 cm³/mol. The van der Waals surface area contributed by atoms with E-state index in [9.17, 15) is 71.1 Å². The number of alkyl halides is 3. The number of carbonyl (C=O) groups excluding carboxylic acids is 3. The van der Waals surface area contributed by atoms with E-state index in [1.54, 1.807) is 91.3 Å². The van der Waals surface area contributed by atoms with Crippen LogP contribution in [0, 0.1) is 23.7 Å². The summed E-state index contributed by atoms with van der Waals surface area (Å²) in [5.41, 5.74) is 17.9. The number of esters is 2. The van der Waals surface area contributed by atoms with E-state index in [1.165, 1.54) is 43.0 Å². The van der Waals surface area contributed by atoms with Gasteiger partial charge >= 0.3 is 31.2 Å². The molecule has 0 aliphatic rings. The van der Waals surface area contributed by atoms with Gasteiger partial charge in [0.2, 0.25) is 0 Å². The van der Waals surface area contributed by atoms with Gasteiger partial charge < -0.3 is 30.4 Å². The molecule has 0 unspecified atom stereocenters. The summed E-state index contributed by atoms with van der Waals surface area (Å²) in [4.78, 5) is 48.6. The maximum atomic E-state index is 12.4. The van der Waals surface area contributed by atoms with E-state index in [-0.39, 0.29) is 43.3 Å². The van der Waals surface area contributed by atoms with Crippen molar-refractivity contribution < 1.29 is 90.6 Å². The summed E-state index contributed by atoms with van der Waals surface area (Å²) in [7, 11) is -14.7. The minimum atomic E-state index is -4.18. The number of Topliss-reactive ketones (excluding diaryl/α,β-unsaturated/α-hetero) is 1. The smallest absolute Gasteiger partial charge is 0.476 e. The maximum Gasteiger partial charge on any atom is 0.488 e. The highest BCUT2D eigenvalue weighted by Crippen LogP contribution is 2.33. The number of aromatic carboxylic acids is 1. The number of aromatic nitrogens is 8. The number of halogens is 4. The largest absolute Gasteiger partial charge is 0.488 e. The van der Waals surface area contributed by atoms with Crippen molar-refractivity contribution in [3.05, 3.63) is 246 Å². The lowest BCUT2D eigenvalue weighted by Crippen LogP contribution is -2.30. The van der Waals surface area contributed by atoms with Crippen LogP contribution in [0.5, 0.6) is 0 Å².